The van der Waals surface area contributed by atoms with Crippen molar-refractivity contribution in [2.45, 2.75) is 6.42 Å². The van der Waals surface area contributed by atoms with E-state index >= 15 is 0 Å². The molecule has 2 aromatic heterocycles. The third-order valence-electron chi connectivity index (χ3n) is 3.99. The highest BCUT2D eigenvalue weighted by Crippen LogP contribution is 2.22. The Balaban J connectivity index is 1.78. The molecule has 0 fully saturated rings. The predicted molar refractivity (Wildman–Crippen MR) is 85.0 cm³/mol. The van der Waals surface area contributed by atoms with E-state index in [1.165, 1.54) is 5.56 Å². The van der Waals surface area contributed by atoms with Crippen LogP contribution in [-0.4, -0.2) is 26.3 Å². The molecule has 0 atom stereocenters. The normalized spacial score (nSPS) is 11.3. The van der Waals surface area contributed by atoms with Gasteiger partial charge in [0.15, 0.2) is 0 Å². The van der Waals surface area contributed by atoms with E-state index < -0.39 is 0 Å². The first-order chi connectivity index (χ1) is 10.7. The third kappa shape index (κ3) is 1.98. The Hall–Kier alpha value is -2.95. The number of hydrogen-bond acceptors (Lipinski definition) is 3. The standard InChI is InChI=1S/C17H14N4O/c1-21-17-8-11(2-4-13(17)9-18-21)7-16-14-6-12(10-22)3-5-15(14)19-20-16/h2-6,8-10H,7H2,1H3,(H,19,20). The predicted octanol–water partition coefficient (Wildman–Crippen LogP) is 2.85. The average Bonchev–Trinajstić information content (AvgIpc) is 3.11. The minimum absolute atomic E-state index is 0.664. The molecular formula is C17H14N4O. The largest absolute Gasteiger partial charge is 0.298 e. The van der Waals surface area contributed by atoms with E-state index in [9.17, 15) is 4.79 Å². The van der Waals surface area contributed by atoms with Gasteiger partial charge in [-0.1, -0.05) is 12.1 Å². The summed E-state index contributed by atoms with van der Waals surface area (Å²) in [5.74, 6) is 0. The molecule has 0 amide bonds. The maximum Gasteiger partial charge on any atom is 0.150 e. The van der Waals surface area contributed by atoms with E-state index in [1.54, 1.807) is 6.07 Å². The number of aldehydes is 1. The number of carbonyl (C=O) groups is 1. The van der Waals surface area contributed by atoms with Crippen molar-refractivity contribution in [3.8, 4) is 0 Å². The molecule has 2 heterocycles. The minimum Gasteiger partial charge on any atom is -0.298 e. The molecule has 5 heteroatoms. The average molecular weight is 290 g/mol. The molecule has 0 aliphatic rings. The second kappa shape index (κ2) is 4.80. The topological polar surface area (TPSA) is 63.6 Å². The maximum absolute atomic E-state index is 11.0. The first-order valence-electron chi connectivity index (χ1n) is 7.07. The van der Waals surface area contributed by atoms with Crippen molar-refractivity contribution >= 4 is 28.1 Å². The Morgan fingerprint density at radius 1 is 1.23 bits per heavy atom. The van der Waals surface area contributed by atoms with Gasteiger partial charge in [-0.3, -0.25) is 14.6 Å². The first kappa shape index (κ1) is 12.8. The van der Waals surface area contributed by atoms with E-state index in [4.69, 9.17) is 0 Å². The van der Waals surface area contributed by atoms with Crippen LogP contribution in [0, 0.1) is 0 Å². The van der Waals surface area contributed by atoms with Gasteiger partial charge in [0, 0.05) is 35.5 Å². The van der Waals surface area contributed by atoms with Gasteiger partial charge in [0.1, 0.15) is 6.29 Å². The summed E-state index contributed by atoms with van der Waals surface area (Å²) in [6.07, 6.45) is 3.46. The lowest BCUT2D eigenvalue weighted by Gasteiger charge is -2.02. The van der Waals surface area contributed by atoms with Gasteiger partial charge >= 0.3 is 0 Å². The molecular weight excluding hydrogens is 276 g/mol. The van der Waals surface area contributed by atoms with E-state index in [0.717, 1.165) is 40.2 Å². The number of benzene rings is 2. The van der Waals surface area contributed by atoms with Crippen LogP contribution in [0.3, 0.4) is 0 Å². The number of rotatable bonds is 3. The molecule has 4 rings (SSSR count). The fourth-order valence-corrected chi connectivity index (χ4v) is 2.79. The van der Waals surface area contributed by atoms with Crippen LogP contribution in [0.4, 0.5) is 0 Å². The van der Waals surface area contributed by atoms with Crippen LogP contribution in [-0.2, 0) is 13.5 Å². The van der Waals surface area contributed by atoms with Gasteiger partial charge in [0.05, 0.1) is 17.2 Å². The number of nitrogens with zero attached hydrogens (tertiary/aromatic N) is 3. The van der Waals surface area contributed by atoms with E-state index in [0.29, 0.717) is 5.56 Å². The van der Waals surface area contributed by atoms with Crippen LogP contribution < -0.4 is 0 Å². The molecule has 0 aliphatic carbocycles. The van der Waals surface area contributed by atoms with Gasteiger partial charge in [-0.25, -0.2) is 0 Å². The summed E-state index contributed by atoms with van der Waals surface area (Å²) in [4.78, 5) is 11.0. The zero-order valence-electron chi connectivity index (χ0n) is 12.1. The smallest absolute Gasteiger partial charge is 0.150 e. The molecule has 1 N–H and O–H groups in total. The van der Waals surface area contributed by atoms with Crippen LogP contribution in [0.25, 0.3) is 21.8 Å². The second-order valence-corrected chi connectivity index (χ2v) is 5.43. The minimum atomic E-state index is 0.664. The molecule has 0 bridgehead atoms. The second-order valence-electron chi connectivity index (χ2n) is 5.43. The Bertz CT molecular complexity index is 996. The van der Waals surface area contributed by atoms with Crippen molar-refractivity contribution < 1.29 is 4.79 Å². The number of carbonyl (C=O) groups excluding carboxylic acids is 1. The molecule has 4 aromatic rings. The molecule has 0 spiro atoms. The van der Waals surface area contributed by atoms with Crippen molar-refractivity contribution in [2.24, 2.45) is 7.05 Å². The van der Waals surface area contributed by atoms with Gasteiger partial charge in [-0.15, -0.1) is 0 Å². The maximum atomic E-state index is 11.0. The first-order valence-corrected chi connectivity index (χ1v) is 7.07. The third-order valence-corrected chi connectivity index (χ3v) is 3.99. The van der Waals surface area contributed by atoms with E-state index in [2.05, 4.69) is 33.5 Å². The SMILES string of the molecule is Cn1ncc2ccc(Cc3[nH]nc4ccc(C=O)cc34)cc21. The highest BCUT2D eigenvalue weighted by Gasteiger charge is 2.08. The molecule has 22 heavy (non-hydrogen) atoms. The number of H-pyrrole nitrogens is 1. The Morgan fingerprint density at radius 2 is 2.14 bits per heavy atom. The van der Waals surface area contributed by atoms with Crippen LogP contribution in [0.15, 0.2) is 42.6 Å². The fourth-order valence-electron chi connectivity index (χ4n) is 2.79. The fraction of sp³-hybridized carbons (Fsp3) is 0.118. The summed E-state index contributed by atoms with van der Waals surface area (Å²) >= 11 is 0. The highest BCUT2D eigenvalue weighted by molar-refractivity contribution is 5.88. The summed E-state index contributed by atoms with van der Waals surface area (Å²) in [5.41, 5.74) is 4.84. The molecule has 0 radical (unpaired) electrons. The van der Waals surface area contributed by atoms with Gasteiger partial charge in [-0.05, 0) is 29.8 Å². The zero-order chi connectivity index (χ0) is 15.1. The number of aromatic nitrogens is 4. The van der Waals surface area contributed by atoms with Crippen molar-refractivity contribution in [2.75, 3.05) is 0 Å². The van der Waals surface area contributed by atoms with Gasteiger partial charge in [0.2, 0.25) is 0 Å². The van der Waals surface area contributed by atoms with Crippen LogP contribution >= 0.6 is 0 Å². The van der Waals surface area contributed by atoms with Crippen molar-refractivity contribution in [1.82, 2.24) is 20.0 Å². The van der Waals surface area contributed by atoms with Gasteiger partial charge < -0.3 is 0 Å². The number of fused-ring (bicyclic) bond motifs is 2. The lowest BCUT2D eigenvalue weighted by atomic mass is 10.0. The van der Waals surface area contributed by atoms with Crippen molar-refractivity contribution in [3.63, 3.8) is 0 Å². The number of aryl methyl sites for hydroxylation is 1. The quantitative estimate of drug-likeness (QED) is 0.590. The molecule has 0 saturated carbocycles. The monoisotopic (exact) mass is 290 g/mol. The zero-order valence-corrected chi connectivity index (χ0v) is 12.1. The van der Waals surface area contributed by atoms with Gasteiger partial charge in [0.25, 0.3) is 0 Å². The molecule has 2 aromatic carbocycles. The Labute approximate surface area is 126 Å². The molecule has 0 saturated heterocycles. The molecule has 0 unspecified atom stereocenters. The molecule has 0 aliphatic heterocycles. The number of aromatic amines is 1. The van der Waals surface area contributed by atoms with Crippen molar-refractivity contribution in [3.05, 3.63) is 59.4 Å². The van der Waals surface area contributed by atoms with Crippen molar-refractivity contribution in [1.29, 1.82) is 0 Å². The lowest BCUT2D eigenvalue weighted by molar-refractivity contribution is 0.112. The summed E-state index contributed by atoms with van der Waals surface area (Å²) in [6.45, 7) is 0. The van der Waals surface area contributed by atoms with Crippen LogP contribution in [0.2, 0.25) is 0 Å². The van der Waals surface area contributed by atoms with Gasteiger partial charge in [-0.2, -0.15) is 10.2 Å². The Morgan fingerprint density at radius 3 is 3.00 bits per heavy atom. The number of hydrogen-bond donors (Lipinski definition) is 1. The summed E-state index contributed by atoms with van der Waals surface area (Å²) in [6, 6.07) is 11.8. The molecule has 108 valence electrons. The van der Waals surface area contributed by atoms with E-state index in [-0.39, 0.29) is 0 Å². The summed E-state index contributed by atoms with van der Waals surface area (Å²) in [7, 11) is 1.94. The lowest BCUT2D eigenvalue weighted by Crippen LogP contribution is -1.93. The highest BCUT2D eigenvalue weighted by atomic mass is 16.1. The number of nitrogens with one attached hydrogen (secondary N) is 1. The van der Waals surface area contributed by atoms with Crippen LogP contribution in [0.5, 0.6) is 0 Å². The molecule has 5 nitrogen and oxygen atoms in total. The Kier molecular flexibility index (Phi) is 2.79. The van der Waals surface area contributed by atoms with Crippen LogP contribution in [0.1, 0.15) is 21.6 Å². The summed E-state index contributed by atoms with van der Waals surface area (Å²) < 4.78 is 1.87. The summed E-state index contributed by atoms with van der Waals surface area (Å²) in [5, 5.41) is 13.8. The van der Waals surface area contributed by atoms with E-state index in [1.807, 2.05) is 30.1 Å².